The average Bonchev–Trinajstić information content (AvgIpc) is 1.35. The molecule has 0 N–H and O–H groups in total. The monoisotopic (exact) mass is 184 g/mol. The SMILES string of the molecule is Br.[C-]#C[Si](C)(C)C.[Li+]. The molecule has 0 unspecified atom stereocenters. The molecule has 0 bridgehead atoms. The summed E-state index contributed by atoms with van der Waals surface area (Å²) in [6, 6.07) is 0. The first kappa shape index (κ1) is 15.9. The van der Waals surface area contributed by atoms with E-state index < -0.39 is 8.07 Å². The molecule has 0 radical (unpaired) electrons. The first-order chi connectivity index (χ1) is 2.56. The molecule has 0 aromatic rings. The van der Waals surface area contributed by atoms with Crippen LogP contribution in [-0.2, 0) is 0 Å². The molecule has 0 saturated carbocycles. The van der Waals surface area contributed by atoms with Crippen molar-refractivity contribution in [3.8, 4) is 5.54 Å². The fourth-order valence-electron chi connectivity index (χ4n) is 0. The zero-order valence-electron chi connectivity index (χ0n) is 5.91. The second-order valence-corrected chi connectivity index (χ2v) is 7.12. The molecule has 0 aromatic carbocycles. The van der Waals surface area contributed by atoms with Crippen LogP contribution in [0.25, 0.3) is 0 Å². The molecule has 8 heavy (non-hydrogen) atoms. The molecule has 0 rings (SSSR count). The van der Waals surface area contributed by atoms with Gasteiger partial charge in [-0.25, -0.2) is 0 Å². The van der Waals surface area contributed by atoms with Gasteiger partial charge in [-0.1, -0.05) is 19.6 Å². The van der Waals surface area contributed by atoms with Crippen molar-refractivity contribution in [1.29, 1.82) is 0 Å². The normalized spacial score (nSPS) is 7.75. The van der Waals surface area contributed by atoms with Crippen LogP contribution in [0, 0.1) is 12.0 Å². The van der Waals surface area contributed by atoms with E-state index in [-0.39, 0.29) is 35.8 Å². The maximum Gasteiger partial charge on any atom is 1.00 e. The van der Waals surface area contributed by atoms with Crippen molar-refractivity contribution in [2.24, 2.45) is 0 Å². The van der Waals surface area contributed by atoms with E-state index in [2.05, 4.69) is 25.2 Å². The molecule has 0 amide bonds. The molecule has 0 heterocycles. The molecule has 42 valence electrons. The maximum absolute atomic E-state index is 6.67. The second kappa shape index (κ2) is 5.98. The van der Waals surface area contributed by atoms with E-state index in [0.29, 0.717) is 0 Å². The van der Waals surface area contributed by atoms with Crippen molar-refractivity contribution in [1.82, 2.24) is 0 Å². The number of rotatable bonds is 0. The molecule has 3 heteroatoms. The topological polar surface area (TPSA) is 0 Å². The maximum atomic E-state index is 6.67. The Hall–Kier alpha value is 0.854. The van der Waals surface area contributed by atoms with Crippen LogP contribution in [-0.4, -0.2) is 8.07 Å². The van der Waals surface area contributed by atoms with E-state index in [1.807, 2.05) is 0 Å². The van der Waals surface area contributed by atoms with Crippen molar-refractivity contribution in [3.63, 3.8) is 0 Å². The van der Waals surface area contributed by atoms with Gasteiger partial charge < -0.3 is 12.0 Å². The largest absolute Gasteiger partial charge is 1.00 e. The van der Waals surface area contributed by atoms with Crippen LogP contribution >= 0.6 is 17.0 Å². The Morgan fingerprint density at radius 2 is 1.38 bits per heavy atom. The Morgan fingerprint density at radius 1 is 1.25 bits per heavy atom. The van der Waals surface area contributed by atoms with E-state index in [1.54, 1.807) is 0 Å². The van der Waals surface area contributed by atoms with Crippen LogP contribution in [0.5, 0.6) is 0 Å². The molecule has 0 nitrogen and oxygen atoms in total. The zero-order valence-corrected chi connectivity index (χ0v) is 8.62. The summed E-state index contributed by atoms with van der Waals surface area (Å²) < 4.78 is 0. The number of hydrogen-bond acceptors (Lipinski definition) is 0. The van der Waals surface area contributed by atoms with Gasteiger partial charge in [-0.2, -0.15) is 0 Å². The molecule has 0 aliphatic carbocycles. The smallest absolute Gasteiger partial charge is 0.701 e. The summed E-state index contributed by atoms with van der Waals surface area (Å²) >= 11 is 0. The minimum Gasteiger partial charge on any atom is -0.701 e. The Morgan fingerprint density at radius 3 is 1.38 bits per heavy atom. The minimum absolute atomic E-state index is 0. The first-order valence-electron chi connectivity index (χ1n) is 2.00. The predicted octanol–water partition coefficient (Wildman–Crippen LogP) is -0.965. The van der Waals surface area contributed by atoms with Gasteiger partial charge in [0.15, 0.2) is 0 Å². The van der Waals surface area contributed by atoms with Gasteiger partial charge in [-0.15, -0.1) is 17.0 Å². The van der Waals surface area contributed by atoms with Gasteiger partial charge >= 0.3 is 18.9 Å². The molecule has 0 saturated heterocycles. The van der Waals surface area contributed by atoms with Crippen LogP contribution in [0.1, 0.15) is 0 Å². The quantitative estimate of drug-likeness (QED) is 0.259. The van der Waals surface area contributed by atoms with Gasteiger partial charge in [0.2, 0.25) is 0 Å². The summed E-state index contributed by atoms with van der Waals surface area (Å²) in [4.78, 5) is 0. The minimum atomic E-state index is -1.21. The van der Waals surface area contributed by atoms with E-state index in [0.717, 1.165) is 0 Å². The van der Waals surface area contributed by atoms with Crippen molar-refractivity contribution < 1.29 is 18.9 Å². The molecule has 0 fully saturated rings. The van der Waals surface area contributed by atoms with Crippen LogP contribution in [0.15, 0.2) is 0 Å². The standard InChI is InChI=1S/C5H9Si.BrH.Li/c1-5-6(2,3)4;;/h2-4H3;1H;/q-1;;+1. The summed E-state index contributed by atoms with van der Waals surface area (Å²) in [6.07, 6.45) is 6.67. The fourth-order valence-corrected chi connectivity index (χ4v) is 0. The van der Waals surface area contributed by atoms with Gasteiger partial charge in [0.25, 0.3) is 0 Å². The second-order valence-electron chi connectivity index (χ2n) is 2.38. The summed E-state index contributed by atoms with van der Waals surface area (Å²) in [5, 5.41) is 0. The van der Waals surface area contributed by atoms with Gasteiger partial charge in [0, 0.05) is 0 Å². The third kappa shape index (κ3) is 15.8. The van der Waals surface area contributed by atoms with Crippen LogP contribution < -0.4 is 18.9 Å². The average molecular weight is 185 g/mol. The van der Waals surface area contributed by atoms with Gasteiger partial charge in [0.1, 0.15) is 0 Å². The molecular formula is C5H10BrLiSi. The Balaban J connectivity index is -0.000000125. The van der Waals surface area contributed by atoms with E-state index >= 15 is 0 Å². The van der Waals surface area contributed by atoms with Crippen LogP contribution in [0.3, 0.4) is 0 Å². The molecule has 0 aliphatic heterocycles. The molecule has 0 aromatic heterocycles. The zero-order chi connectivity index (χ0) is 5.21. The number of halogens is 1. The summed E-state index contributed by atoms with van der Waals surface area (Å²) in [6.45, 7) is 6.25. The Labute approximate surface area is 75.4 Å². The van der Waals surface area contributed by atoms with Gasteiger partial charge in [-0.3, -0.25) is 0 Å². The predicted molar refractivity (Wildman–Crippen MR) is 40.8 cm³/mol. The van der Waals surface area contributed by atoms with Crippen molar-refractivity contribution in [3.05, 3.63) is 6.42 Å². The summed E-state index contributed by atoms with van der Waals surface area (Å²) in [7, 11) is -1.21. The Bertz CT molecular complexity index is 79.4. The molecule has 0 spiro atoms. The number of hydrogen-bond donors (Lipinski definition) is 0. The Kier molecular flexibility index (Phi) is 11.9. The van der Waals surface area contributed by atoms with Gasteiger partial charge in [-0.05, 0) is 0 Å². The van der Waals surface area contributed by atoms with E-state index in [4.69, 9.17) is 6.42 Å². The van der Waals surface area contributed by atoms with E-state index in [1.165, 1.54) is 0 Å². The third-order valence-electron chi connectivity index (χ3n) is 0.375. The first-order valence-corrected chi connectivity index (χ1v) is 5.50. The summed E-state index contributed by atoms with van der Waals surface area (Å²) in [5.74, 6) is 0. The van der Waals surface area contributed by atoms with Crippen LogP contribution in [0.2, 0.25) is 19.6 Å². The molecule has 0 aliphatic rings. The van der Waals surface area contributed by atoms with Crippen LogP contribution in [0.4, 0.5) is 0 Å². The fraction of sp³-hybridized carbons (Fsp3) is 0.600. The van der Waals surface area contributed by atoms with Crippen molar-refractivity contribution in [2.45, 2.75) is 19.6 Å². The van der Waals surface area contributed by atoms with Crippen molar-refractivity contribution in [2.75, 3.05) is 0 Å². The molecular weight excluding hydrogens is 175 g/mol. The third-order valence-corrected chi connectivity index (χ3v) is 1.12. The van der Waals surface area contributed by atoms with Gasteiger partial charge in [0.05, 0.1) is 8.07 Å². The molecule has 0 atom stereocenters. The summed E-state index contributed by atoms with van der Waals surface area (Å²) in [5.41, 5.74) is 2.49. The van der Waals surface area contributed by atoms with E-state index in [9.17, 15) is 0 Å². The van der Waals surface area contributed by atoms with Crippen molar-refractivity contribution >= 4 is 25.1 Å².